The first-order valence-corrected chi connectivity index (χ1v) is 27.1. The number of halogens is 1. The number of hydrogen-bond acceptors (Lipinski definition) is 14. The highest BCUT2D eigenvalue weighted by molar-refractivity contribution is 7.90. The van der Waals surface area contributed by atoms with Crippen molar-refractivity contribution in [2.24, 2.45) is 11.3 Å². The van der Waals surface area contributed by atoms with Crippen LogP contribution in [0.3, 0.4) is 0 Å². The largest absolute Gasteiger partial charge is 0.489 e. The molecule has 5 aromatic rings. The number of aromatic amines is 1. The number of aliphatic hydroxyl groups is 1. The molecular weight excluding hydrogens is 958 g/mol. The number of carbonyl (C=O) groups is 1. The molecule has 1 unspecified atom stereocenters. The van der Waals surface area contributed by atoms with Gasteiger partial charge in [-0.15, -0.1) is 0 Å². The van der Waals surface area contributed by atoms with Gasteiger partial charge in [-0.3, -0.25) is 19.8 Å². The number of H-pyrrole nitrogens is 1. The van der Waals surface area contributed by atoms with Crippen LogP contribution >= 0.6 is 0 Å². The molecule has 19 heteroatoms. The Labute approximate surface area is 425 Å². The maximum absolute atomic E-state index is 15.1. The molecular formula is C54H66FN7O10S. The minimum Gasteiger partial charge on any atom is -0.489 e. The number of nitro benzene ring substituents is 1. The van der Waals surface area contributed by atoms with E-state index < -0.39 is 42.9 Å². The van der Waals surface area contributed by atoms with E-state index in [0.29, 0.717) is 43.7 Å². The Hall–Kier alpha value is -6.02. The molecule has 17 nitrogen and oxygen atoms in total. The number of rotatable bonds is 15. The van der Waals surface area contributed by atoms with Crippen LogP contribution in [0.2, 0.25) is 0 Å². The lowest BCUT2D eigenvalue weighted by molar-refractivity contribution is -0.384. The first-order chi connectivity index (χ1) is 34.9. The van der Waals surface area contributed by atoms with Crippen molar-refractivity contribution in [3.8, 4) is 23.1 Å². The second-order valence-corrected chi connectivity index (χ2v) is 23.3. The van der Waals surface area contributed by atoms with Crippen molar-refractivity contribution in [2.75, 3.05) is 50.2 Å². The first kappa shape index (κ1) is 50.5. The maximum Gasteiger partial charge on any atom is 0.297 e. The van der Waals surface area contributed by atoms with Crippen LogP contribution in [0, 0.1) is 27.3 Å². The van der Waals surface area contributed by atoms with E-state index in [0.717, 1.165) is 69.3 Å². The van der Waals surface area contributed by atoms with Crippen LogP contribution in [0.15, 0.2) is 71.8 Å². The lowest BCUT2D eigenvalue weighted by Gasteiger charge is -2.56. The molecule has 2 aromatic heterocycles. The number of methoxy groups -OCH3 is 1. The third-order valence-electron chi connectivity index (χ3n) is 16.3. The molecule has 4 fully saturated rings. The number of hydrogen-bond donors (Lipinski definition) is 4. The van der Waals surface area contributed by atoms with Crippen molar-refractivity contribution in [3.05, 3.63) is 99.5 Å². The Morgan fingerprint density at radius 1 is 1.03 bits per heavy atom. The number of ether oxygens (including phenoxy) is 4. The Kier molecular flexibility index (Phi) is 13.8. The van der Waals surface area contributed by atoms with Gasteiger partial charge in [-0.05, 0) is 125 Å². The second kappa shape index (κ2) is 20.0. The number of nitrogens with one attached hydrogen (secondary N) is 3. The van der Waals surface area contributed by atoms with Crippen LogP contribution in [-0.4, -0.2) is 103 Å². The Morgan fingerprint density at radius 3 is 2.51 bits per heavy atom. The molecule has 4 N–H and O–H groups in total. The molecule has 0 radical (unpaired) electrons. The Balaban J connectivity index is 0.904. The van der Waals surface area contributed by atoms with Gasteiger partial charge in [0.2, 0.25) is 0 Å². The van der Waals surface area contributed by atoms with Gasteiger partial charge < -0.3 is 39.3 Å². The molecule has 3 aliphatic heterocycles. The number of nitrogens with zero attached hydrogens (tertiary/aromatic N) is 4. The summed E-state index contributed by atoms with van der Waals surface area (Å²) in [7, 11) is -3.25. The average molecular weight is 1020 g/mol. The van der Waals surface area contributed by atoms with E-state index >= 15 is 4.39 Å². The molecule has 0 bridgehead atoms. The summed E-state index contributed by atoms with van der Waals surface area (Å²) in [6, 6.07) is 17.9. The quantitative estimate of drug-likeness (QED) is 0.0568. The number of piperidine rings is 1. The van der Waals surface area contributed by atoms with E-state index in [1.54, 1.807) is 26.0 Å². The zero-order chi connectivity index (χ0) is 51.4. The number of nitro groups is 1. The van der Waals surface area contributed by atoms with E-state index in [1.807, 2.05) is 0 Å². The normalized spacial score (nSPS) is 23.6. The van der Waals surface area contributed by atoms with Gasteiger partial charge in [0.15, 0.2) is 17.2 Å². The van der Waals surface area contributed by atoms with E-state index in [2.05, 4.69) is 67.9 Å². The molecule has 1 spiro atoms. The summed E-state index contributed by atoms with van der Waals surface area (Å²) in [6.07, 6.45) is 9.92. The molecule has 73 heavy (non-hydrogen) atoms. The van der Waals surface area contributed by atoms with Gasteiger partial charge in [0.25, 0.3) is 27.5 Å². The number of likely N-dealkylation sites (tertiary alicyclic amines) is 1. The highest BCUT2D eigenvalue weighted by atomic mass is 32.2. The fourth-order valence-corrected chi connectivity index (χ4v) is 12.9. The summed E-state index contributed by atoms with van der Waals surface area (Å²) in [4.78, 5) is 37.9. The van der Waals surface area contributed by atoms with Gasteiger partial charge in [-0.1, -0.05) is 38.1 Å². The van der Waals surface area contributed by atoms with E-state index in [-0.39, 0.29) is 82.1 Å². The van der Waals surface area contributed by atoms with Crippen LogP contribution in [-0.2, 0) is 14.8 Å². The monoisotopic (exact) mass is 1020 g/mol. The van der Waals surface area contributed by atoms with E-state index in [9.17, 15) is 28.4 Å². The second-order valence-electron chi connectivity index (χ2n) is 21.6. The molecule has 1 amide bonds. The van der Waals surface area contributed by atoms with Gasteiger partial charge in [-0.2, -0.15) is 4.98 Å². The van der Waals surface area contributed by atoms with Crippen LogP contribution in [0.25, 0.3) is 11.0 Å². The number of sulfonamides is 1. The molecule has 10 rings (SSSR count). The zero-order valence-electron chi connectivity index (χ0n) is 42.1. The van der Waals surface area contributed by atoms with Gasteiger partial charge >= 0.3 is 0 Å². The molecule has 390 valence electrons. The number of carbonyl (C=O) groups excluding carboxylic acids is 1. The van der Waals surface area contributed by atoms with Crippen LogP contribution < -0.4 is 29.1 Å². The Bertz CT molecular complexity index is 2990. The van der Waals surface area contributed by atoms with E-state index in [4.69, 9.17) is 18.9 Å². The van der Waals surface area contributed by atoms with Gasteiger partial charge in [0, 0.05) is 68.4 Å². The smallest absolute Gasteiger partial charge is 0.297 e. The first-order valence-electron chi connectivity index (χ1n) is 25.7. The summed E-state index contributed by atoms with van der Waals surface area (Å²) < 4.78 is 69.4. The topological polar surface area (TPSA) is 211 Å². The third kappa shape index (κ3) is 10.3. The van der Waals surface area contributed by atoms with E-state index in [1.165, 1.54) is 43.2 Å². The number of aromatic nitrogens is 2. The summed E-state index contributed by atoms with van der Waals surface area (Å²) in [5.74, 6) is -1.31. The van der Waals surface area contributed by atoms with Crippen molar-refractivity contribution < 1.29 is 46.6 Å². The summed E-state index contributed by atoms with van der Waals surface area (Å²) in [5, 5.41) is 26.3. The predicted octanol–water partition coefficient (Wildman–Crippen LogP) is 9.76. The molecule has 3 atom stereocenters. The molecule has 5 aliphatic rings. The van der Waals surface area contributed by atoms with Crippen molar-refractivity contribution >= 4 is 44.0 Å². The highest BCUT2D eigenvalue weighted by Crippen LogP contribution is 2.54. The lowest BCUT2D eigenvalue weighted by atomic mass is 9.59. The minimum atomic E-state index is -4.78. The lowest BCUT2D eigenvalue weighted by Crippen LogP contribution is -2.54. The van der Waals surface area contributed by atoms with Gasteiger partial charge in [0.1, 0.15) is 30.4 Å². The van der Waals surface area contributed by atoms with Crippen LogP contribution in [0.1, 0.15) is 125 Å². The van der Waals surface area contributed by atoms with Gasteiger partial charge in [0.05, 0.1) is 38.5 Å². The molecule has 2 saturated heterocycles. The fourth-order valence-electron chi connectivity index (χ4n) is 11.9. The summed E-state index contributed by atoms with van der Waals surface area (Å²) in [5.41, 5.74) is 2.59. The minimum absolute atomic E-state index is 0.0254. The number of anilines is 2. The van der Waals surface area contributed by atoms with Crippen molar-refractivity contribution in [3.63, 3.8) is 0 Å². The molecule has 2 aliphatic carbocycles. The van der Waals surface area contributed by atoms with Crippen molar-refractivity contribution in [2.45, 2.75) is 133 Å². The van der Waals surface area contributed by atoms with Crippen molar-refractivity contribution in [1.82, 2.24) is 19.6 Å². The van der Waals surface area contributed by atoms with Crippen LogP contribution in [0.4, 0.5) is 21.5 Å². The molecule has 5 heterocycles. The van der Waals surface area contributed by atoms with Gasteiger partial charge in [-0.25, -0.2) is 17.5 Å². The number of benzene rings is 3. The van der Waals surface area contributed by atoms with Crippen molar-refractivity contribution in [1.29, 1.82) is 0 Å². The van der Waals surface area contributed by atoms with Crippen LogP contribution in [0.5, 0.6) is 23.1 Å². The molecule has 2 saturated carbocycles. The molecule has 3 aromatic carbocycles. The predicted molar refractivity (Wildman–Crippen MR) is 274 cm³/mol. The zero-order valence-corrected chi connectivity index (χ0v) is 42.9. The summed E-state index contributed by atoms with van der Waals surface area (Å²) in [6.45, 7) is 10.9. The SMILES string of the molecule is COC(C)COc1nc2[nH]cc(F)c2cc1Oc1cc(N2CCC3(CC2)CC(N2CCC[C@H]2c2ccccc2C(C)C)C3)ccc1C(=O)NS(=O)(=O)c1cc2c(c([N+](=O)[O-])c1)N[C@@H]([C@H]1CC[C@](C)(O)CC1)CO2. The average Bonchev–Trinajstić information content (AvgIpc) is 4.00. The summed E-state index contributed by atoms with van der Waals surface area (Å²) >= 11 is 0. The Morgan fingerprint density at radius 2 is 1.78 bits per heavy atom. The number of pyridine rings is 1. The third-order valence-corrected chi connectivity index (χ3v) is 17.6. The standard InChI is InChI=1S/C54H66FN7O10S/c1-32(2)38-9-6-7-10-39(38)44-11-8-20-61(44)36-27-54(28-36)18-21-60(22-19-54)35-12-13-40(46(23-35)72-48-26-41-42(55)29-56-50(41)58-52(48)71-30-33(3)69-5)51(63)59-73(67,68)37-24-45(62(65)66)49-47(25-37)70-31-43(57-49)34-14-16-53(4,64)17-15-34/h6-7,9-10,12-13,23-26,29,32-34,36,43-44,57,64H,8,11,14-22,27-28,30-31H2,1-5H3,(H,56,58)(H,59,63)/t33?,34-,43-,44+,53-/m1/s1. The fraction of sp³-hybridized carbons (Fsp3) is 0.519. The number of amides is 1. The number of fused-ring (bicyclic) bond motifs is 2. The maximum atomic E-state index is 15.1. The highest BCUT2D eigenvalue weighted by Gasteiger charge is 2.50.